The van der Waals surface area contributed by atoms with Gasteiger partial charge in [0.15, 0.2) is 5.58 Å². The van der Waals surface area contributed by atoms with Crippen LogP contribution >= 0.6 is 0 Å². The first-order valence-corrected chi connectivity index (χ1v) is 9.70. The fourth-order valence-corrected chi connectivity index (χ4v) is 3.06. The second-order valence-corrected chi connectivity index (χ2v) is 6.80. The molecule has 0 fully saturated rings. The summed E-state index contributed by atoms with van der Waals surface area (Å²) < 4.78 is 22.0. The summed E-state index contributed by atoms with van der Waals surface area (Å²) in [5.41, 5.74) is 4.22. The number of nitrogens with zero attached hydrogens (tertiary/aromatic N) is 3. The first kappa shape index (κ1) is 19.8. The van der Waals surface area contributed by atoms with Crippen LogP contribution in [0.4, 0.5) is 0 Å². The van der Waals surface area contributed by atoms with Gasteiger partial charge >= 0.3 is 0 Å². The van der Waals surface area contributed by atoms with Crippen LogP contribution < -0.4 is 9.47 Å². The van der Waals surface area contributed by atoms with Crippen molar-refractivity contribution in [1.82, 2.24) is 15.0 Å². The maximum Gasteiger partial charge on any atom is 0.228 e. The van der Waals surface area contributed by atoms with Gasteiger partial charge in [-0.2, -0.15) is 0 Å². The number of benzene rings is 1. The van der Waals surface area contributed by atoms with Crippen LogP contribution in [0.1, 0.15) is 17.7 Å². The van der Waals surface area contributed by atoms with Crippen molar-refractivity contribution < 1.29 is 18.6 Å². The quantitative estimate of drug-likeness (QED) is 0.381. The normalized spacial score (nSPS) is 11.0. The Balaban J connectivity index is 1.47. The van der Waals surface area contributed by atoms with E-state index in [1.54, 1.807) is 26.6 Å². The molecule has 3 aromatic heterocycles. The Morgan fingerprint density at radius 1 is 0.967 bits per heavy atom. The van der Waals surface area contributed by atoms with Crippen LogP contribution in [0, 0.1) is 0 Å². The van der Waals surface area contributed by atoms with Gasteiger partial charge in [0.25, 0.3) is 0 Å². The minimum atomic E-state index is 0.355. The van der Waals surface area contributed by atoms with Gasteiger partial charge in [0.1, 0.15) is 23.6 Å². The average molecular weight is 405 g/mol. The van der Waals surface area contributed by atoms with Gasteiger partial charge in [-0.05, 0) is 48.7 Å². The molecular weight excluding hydrogens is 382 g/mol. The molecule has 3 heterocycles. The lowest BCUT2D eigenvalue weighted by atomic mass is 10.1. The van der Waals surface area contributed by atoms with Crippen molar-refractivity contribution in [3.8, 4) is 23.0 Å². The molecule has 154 valence electrons. The smallest absolute Gasteiger partial charge is 0.228 e. The van der Waals surface area contributed by atoms with Crippen molar-refractivity contribution in [2.24, 2.45) is 0 Å². The Kier molecular flexibility index (Phi) is 6.20. The van der Waals surface area contributed by atoms with E-state index in [0.29, 0.717) is 29.6 Å². The van der Waals surface area contributed by atoms with Gasteiger partial charge in [-0.1, -0.05) is 0 Å². The van der Waals surface area contributed by atoms with Gasteiger partial charge in [-0.15, -0.1) is 0 Å². The summed E-state index contributed by atoms with van der Waals surface area (Å²) in [6.07, 6.45) is 7.13. The van der Waals surface area contributed by atoms with E-state index in [1.807, 2.05) is 36.5 Å². The number of oxazole rings is 1. The van der Waals surface area contributed by atoms with Gasteiger partial charge in [-0.25, -0.2) is 4.98 Å². The van der Waals surface area contributed by atoms with Crippen LogP contribution in [0.2, 0.25) is 0 Å². The van der Waals surface area contributed by atoms with E-state index in [4.69, 9.17) is 18.6 Å². The number of pyridine rings is 2. The zero-order valence-electron chi connectivity index (χ0n) is 17.0. The molecule has 7 heteroatoms. The predicted octanol–water partition coefficient (Wildman–Crippen LogP) is 4.45. The number of methoxy groups -OCH3 is 2. The number of rotatable bonds is 9. The summed E-state index contributed by atoms with van der Waals surface area (Å²) in [5, 5.41) is 0. The molecule has 0 aliphatic heterocycles. The molecule has 0 saturated carbocycles. The van der Waals surface area contributed by atoms with Crippen molar-refractivity contribution in [3.63, 3.8) is 0 Å². The number of hydrogen-bond acceptors (Lipinski definition) is 7. The minimum absolute atomic E-state index is 0.355. The third-order valence-electron chi connectivity index (χ3n) is 4.63. The molecule has 0 N–H and O–H groups in total. The lowest BCUT2D eigenvalue weighted by Gasteiger charge is -2.06. The lowest BCUT2D eigenvalue weighted by molar-refractivity contribution is 0.195. The Bertz CT molecular complexity index is 1110. The molecule has 0 unspecified atom stereocenters. The largest absolute Gasteiger partial charge is 0.495 e. The molecule has 0 radical (unpaired) electrons. The minimum Gasteiger partial charge on any atom is -0.495 e. The maximum absolute atomic E-state index is 5.92. The number of aromatic nitrogens is 3. The predicted molar refractivity (Wildman–Crippen MR) is 113 cm³/mol. The molecule has 7 nitrogen and oxygen atoms in total. The summed E-state index contributed by atoms with van der Waals surface area (Å²) in [6, 6.07) is 11.4. The number of fused-ring (bicyclic) bond motifs is 1. The highest BCUT2D eigenvalue weighted by molar-refractivity contribution is 5.77. The summed E-state index contributed by atoms with van der Waals surface area (Å²) >= 11 is 0. The zero-order valence-corrected chi connectivity index (χ0v) is 17.0. The summed E-state index contributed by atoms with van der Waals surface area (Å²) in [6.45, 7) is 1.08. The number of aryl methyl sites for hydroxylation is 1. The van der Waals surface area contributed by atoms with Crippen LogP contribution in [0.3, 0.4) is 0 Å². The van der Waals surface area contributed by atoms with Gasteiger partial charge in [0, 0.05) is 32.2 Å². The van der Waals surface area contributed by atoms with E-state index >= 15 is 0 Å². The van der Waals surface area contributed by atoms with Crippen molar-refractivity contribution in [1.29, 1.82) is 0 Å². The van der Waals surface area contributed by atoms with Crippen LogP contribution in [0.5, 0.6) is 11.5 Å². The molecule has 30 heavy (non-hydrogen) atoms. The monoisotopic (exact) mass is 405 g/mol. The Labute approximate surface area is 174 Å². The Morgan fingerprint density at radius 2 is 1.87 bits per heavy atom. The third-order valence-corrected chi connectivity index (χ3v) is 4.63. The van der Waals surface area contributed by atoms with Gasteiger partial charge < -0.3 is 18.6 Å². The van der Waals surface area contributed by atoms with E-state index in [2.05, 4.69) is 21.0 Å². The van der Waals surface area contributed by atoms with E-state index in [0.717, 1.165) is 41.8 Å². The second-order valence-electron chi connectivity index (χ2n) is 6.80. The lowest BCUT2D eigenvalue weighted by Crippen LogP contribution is -1.98. The molecule has 0 atom stereocenters. The van der Waals surface area contributed by atoms with Gasteiger partial charge in [0.2, 0.25) is 5.89 Å². The van der Waals surface area contributed by atoms with Crippen molar-refractivity contribution >= 4 is 11.1 Å². The molecule has 0 spiro atoms. The van der Waals surface area contributed by atoms with Gasteiger partial charge in [-0.3, -0.25) is 9.97 Å². The molecule has 0 bridgehead atoms. The SMILES string of the molecule is COCCCc1cncc(-c2nc3cc(OCc4ccc(OC)cn4)ccc3o2)c1. The zero-order chi connectivity index (χ0) is 20.8. The Hall–Kier alpha value is -3.45. The topological polar surface area (TPSA) is 79.5 Å². The van der Waals surface area contributed by atoms with E-state index in [1.165, 1.54) is 0 Å². The highest BCUT2D eigenvalue weighted by Crippen LogP contribution is 2.27. The van der Waals surface area contributed by atoms with Crippen LogP contribution in [0.15, 0.2) is 59.4 Å². The van der Waals surface area contributed by atoms with Gasteiger partial charge in [0.05, 0.1) is 24.6 Å². The highest BCUT2D eigenvalue weighted by Gasteiger charge is 2.11. The molecule has 0 aliphatic carbocycles. The number of hydrogen-bond donors (Lipinski definition) is 0. The standard InChI is InChI=1S/C23H23N3O4/c1-27-9-3-4-16-10-17(13-24-12-16)23-26-21-11-19(7-8-22(21)30-23)29-15-18-5-6-20(28-2)14-25-18/h5-8,10-14H,3-4,9,15H2,1-2H3. The third kappa shape index (κ3) is 4.75. The van der Waals surface area contributed by atoms with Crippen molar-refractivity contribution in [2.75, 3.05) is 20.8 Å². The summed E-state index contributed by atoms with van der Waals surface area (Å²) in [5.74, 6) is 1.96. The summed E-state index contributed by atoms with van der Waals surface area (Å²) in [7, 11) is 3.32. The van der Waals surface area contributed by atoms with E-state index in [-0.39, 0.29) is 0 Å². The molecule has 4 rings (SSSR count). The van der Waals surface area contributed by atoms with Crippen molar-refractivity contribution in [2.45, 2.75) is 19.4 Å². The molecule has 0 saturated heterocycles. The first-order valence-electron chi connectivity index (χ1n) is 9.70. The molecule has 4 aromatic rings. The summed E-state index contributed by atoms with van der Waals surface area (Å²) in [4.78, 5) is 13.2. The molecule has 1 aromatic carbocycles. The van der Waals surface area contributed by atoms with Crippen LogP contribution in [-0.2, 0) is 17.8 Å². The van der Waals surface area contributed by atoms with E-state index < -0.39 is 0 Å². The fraction of sp³-hybridized carbons (Fsp3) is 0.261. The first-order chi connectivity index (χ1) is 14.7. The molecule has 0 aliphatic rings. The number of ether oxygens (including phenoxy) is 3. The average Bonchev–Trinajstić information content (AvgIpc) is 3.22. The molecular formula is C23H23N3O4. The maximum atomic E-state index is 5.92. The van der Waals surface area contributed by atoms with Crippen LogP contribution in [-0.4, -0.2) is 35.8 Å². The van der Waals surface area contributed by atoms with Crippen molar-refractivity contribution in [3.05, 3.63) is 66.2 Å². The second kappa shape index (κ2) is 9.37. The highest BCUT2D eigenvalue weighted by atomic mass is 16.5. The fourth-order valence-electron chi connectivity index (χ4n) is 3.06. The van der Waals surface area contributed by atoms with E-state index in [9.17, 15) is 0 Å². The van der Waals surface area contributed by atoms with Crippen LogP contribution in [0.25, 0.3) is 22.6 Å². The Morgan fingerprint density at radius 3 is 2.67 bits per heavy atom. The molecule has 0 amide bonds.